The zero-order chi connectivity index (χ0) is 10.8. The normalized spacial score (nSPS) is 34.4. The monoisotopic (exact) mass is 212 g/mol. The molecule has 15 heavy (non-hydrogen) atoms. The molecule has 0 aromatic rings. The first-order valence-corrected chi connectivity index (χ1v) is 6.21. The van der Waals surface area contributed by atoms with E-state index >= 15 is 0 Å². The Morgan fingerprint density at radius 3 is 2.67 bits per heavy atom. The average molecular weight is 212 g/mol. The minimum Gasteiger partial charge on any atom is -0.377 e. The standard InChI is InChI=1S/C12H24N2O/c1-9(11-6-13-7-11)8-14(3)12-4-5-15-10(12)2/h9-13H,4-8H2,1-3H3. The Labute approximate surface area is 93.2 Å². The highest BCUT2D eigenvalue weighted by Crippen LogP contribution is 2.22. The van der Waals surface area contributed by atoms with Gasteiger partial charge in [-0.25, -0.2) is 0 Å². The summed E-state index contributed by atoms with van der Waals surface area (Å²) in [6.45, 7) is 9.16. The van der Waals surface area contributed by atoms with E-state index in [0.717, 1.165) is 18.4 Å². The summed E-state index contributed by atoms with van der Waals surface area (Å²) in [5.41, 5.74) is 0. The molecule has 2 aliphatic rings. The third kappa shape index (κ3) is 2.52. The average Bonchev–Trinajstić information content (AvgIpc) is 2.47. The van der Waals surface area contributed by atoms with Gasteiger partial charge in [-0.1, -0.05) is 6.92 Å². The molecule has 3 heteroatoms. The van der Waals surface area contributed by atoms with Crippen molar-refractivity contribution in [1.82, 2.24) is 10.2 Å². The van der Waals surface area contributed by atoms with Crippen molar-refractivity contribution in [3.63, 3.8) is 0 Å². The Kier molecular flexibility index (Phi) is 3.65. The molecule has 2 rings (SSSR count). The van der Waals surface area contributed by atoms with Crippen LogP contribution in [0.3, 0.4) is 0 Å². The van der Waals surface area contributed by atoms with Crippen LogP contribution in [-0.2, 0) is 4.74 Å². The molecule has 0 aromatic heterocycles. The second-order valence-corrected chi connectivity index (χ2v) is 5.27. The van der Waals surface area contributed by atoms with Crippen molar-refractivity contribution < 1.29 is 4.74 Å². The maximum atomic E-state index is 5.61. The summed E-state index contributed by atoms with van der Waals surface area (Å²) >= 11 is 0. The van der Waals surface area contributed by atoms with Gasteiger partial charge in [0.05, 0.1) is 6.10 Å². The van der Waals surface area contributed by atoms with Gasteiger partial charge in [0.2, 0.25) is 0 Å². The number of rotatable bonds is 4. The molecular weight excluding hydrogens is 188 g/mol. The first-order valence-electron chi connectivity index (χ1n) is 6.21. The fourth-order valence-electron chi connectivity index (χ4n) is 2.75. The van der Waals surface area contributed by atoms with Crippen LogP contribution in [-0.4, -0.2) is 50.3 Å². The lowest BCUT2D eigenvalue weighted by atomic mass is 9.88. The fourth-order valence-corrected chi connectivity index (χ4v) is 2.75. The number of hydrogen-bond donors (Lipinski definition) is 1. The first kappa shape index (κ1) is 11.4. The number of hydrogen-bond acceptors (Lipinski definition) is 3. The minimum atomic E-state index is 0.418. The second kappa shape index (κ2) is 4.81. The third-order valence-corrected chi connectivity index (χ3v) is 4.10. The first-order chi connectivity index (χ1) is 7.18. The molecule has 0 amide bonds. The Balaban J connectivity index is 1.77. The molecule has 2 heterocycles. The van der Waals surface area contributed by atoms with Crippen molar-refractivity contribution in [3.05, 3.63) is 0 Å². The summed E-state index contributed by atoms with van der Waals surface area (Å²) in [6, 6.07) is 0.639. The van der Waals surface area contributed by atoms with E-state index in [1.807, 2.05) is 0 Å². The van der Waals surface area contributed by atoms with Gasteiger partial charge < -0.3 is 15.0 Å². The lowest BCUT2D eigenvalue weighted by Crippen LogP contribution is -2.49. The fraction of sp³-hybridized carbons (Fsp3) is 1.00. The molecule has 0 aliphatic carbocycles. The van der Waals surface area contributed by atoms with Gasteiger partial charge in [0.15, 0.2) is 0 Å². The Hall–Kier alpha value is -0.120. The van der Waals surface area contributed by atoms with Crippen molar-refractivity contribution in [2.24, 2.45) is 11.8 Å². The lowest BCUT2D eigenvalue weighted by molar-refractivity contribution is 0.0716. The summed E-state index contributed by atoms with van der Waals surface area (Å²) in [7, 11) is 2.25. The van der Waals surface area contributed by atoms with E-state index < -0.39 is 0 Å². The zero-order valence-electron chi connectivity index (χ0n) is 10.2. The lowest BCUT2D eigenvalue weighted by Gasteiger charge is -2.37. The van der Waals surface area contributed by atoms with Crippen molar-refractivity contribution in [1.29, 1.82) is 0 Å². The maximum absolute atomic E-state index is 5.61. The predicted octanol–water partition coefficient (Wildman–Crippen LogP) is 0.951. The van der Waals surface area contributed by atoms with Crippen LogP contribution >= 0.6 is 0 Å². The van der Waals surface area contributed by atoms with Crippen LogP contribution in [0.1, 0.15) is 20.3 Å². The molecule has 3 unspecified atom stereocenters. The second-order valence-electron chi connectivity index (χ2n) is 5.27. The molecule has 2 saturated heterocycles. The number of nitrogens with one attached hydrogen (secondary N) is 1. The summed E-state index contributed by atoms with van der Waals surface area (Å²) in [5, 5.41) is 3.35. The van der Waals surface area contributed by atoms with Gasteiger partial charge in [0.25, 0.3) is 0 Å². The third-order valence-electron chi connectivity index (χ3n) is 4.10. The number of nitrogens with zero attached hydrogens (tertiary/aromatic N) is 1. The van der Waals surface area contributed by atoms with Gasteiger partial charge in [0, 0.05) is 19.2 Å². The number of ether oxygens (including phenoxy) is 1. The van der Waals surface area contributed by atoms with Crippen LogP contribution in [0, 0.1) is 11.8 Å². The van der Waals surface area contributed by atoms with Crippen molar-refractivity contribution in [2.45, 2.75) is 32.4 Å². The molecule has 88 valence electrons. The topological polar surface area (TPSA) is 24.5 Å². The summed E-state index contributed by atoms with van der Waals surface area (Å²) in [5.74, 6) is 1.70. The van der Waals surface area contributed by atoms with Gasteiger partial charge in [-0.3, -0.25) is 0 Å². The van der Waals surface area contributed by atoms with E-state index in [1.165, 1.54) is 26.1 Å². The van der Waals surface area contributed by atoms with Gasteiger partial charge in [-0.15, -0.1) is 0 Å². The van der Waals surface area contributed by atoms with Crippen LogP contribution in [0.15, 0.2) is 0 Å². The molecule has 2 aliphatic heterocycles. The highest BCUT2D eigenvalue weighted by Gasteiger charge is 2.31. The molecule has 0 bridgehead atoms. The van der Waals surface area contributed by atoms with Crippen LogP contribution < -0.4 is 5.32 Å². The van der Waals surface area contributed by atoms with E-state index in [2.05, 4.69) is 31.1 Å². The molecule has 1 N–H and O–H groups in total. The quantitative estimate of drug-likeness (QED) is 0.751. The highest BCUT2D eigenvalue weighted by molar-refractivity contribution is 4.85. The Bertz CT molecular complexity index is 206. The van der Waals surface area contributed by atoms with E-state index in [1.54, 1.807) is 0 Å². The molecule has 2 fully saturated rings. The van der Waals surface area contributed by atoms with Gasteiger partial charge in [-0.2, -0.15) is 0 Å². The highest BCUT2D eigenvalue weighted by atomic mass is 16.5. The van der Waals surface area contributed by atoms with Crippen molar-refractivity contribution in [3.8, 4) is 0 Å². The van der Waals surface area contributed by atoms with Crippen LogP contribution in [0.4, 0.5) is 0 Å². The summed E-state index contributed by atoms with van der Waals surface area (Å²) < 4.78 is 5.61. The number of likely N-dealkylation sites (N-methyl/N-ethyl adjacent to an activating group) is 1. The Morgan fingerprint density at radius 2 is 2.20 bits per heavy atom. The minimum absolute atomic E-state index is 0.418. The van der Waals surface area contributed by atoms with Gasteiger partial charge in [-0.05, 0) is 45.3 Å². The molecule has 0 radical (unpaired) electrons. The van der Waals surface area contributed by atoms with Gasteiger partial charge >= 0.3 is 0 Å². The molecule has 0 aromatic carbocycles. The largest absolute Gasteiger partial charge is 0.377 e. The summed E-state index contributed by atoms with van der Waals surface area (Å²) in [6.07, 6.45) is 1.62. The van der Waals surface area contributed by atoms with E-state index in [4.69, 9.17) is 4.74 Å². The zero-order valence-corrected chi connectivity index (χ0v) is 10.2. The predicted molar refractivity (Wildman–Crippen MR) is 62.0 cm³/mol. The van der Waals surface area contributed by atoms with E-state index in [9.17, 15) is 0 Å². The SMILES string of the molecule is CC(CN(C)C1CCOC1C)C1CNC1. The smallest absolute Gasteiger partial charge is 0.0702 e. The van der Waals surface area contributed by atoms with Crippen LogP contribution in [0.2, 0.25) is 0 Å². The van der Waals surface area contributed by atoms with Gasteiger partial charge in [0.1, 0.15) is 0 Å². The molecular formula is C12H24N2O. The maximum Gasteiger partial charge on any atom is 0.0702 e. The van der Waals surface area contributed by atoms with Crippen molar-refractivity contribution in [2.75, 3.05) is 33.3 Å². The summed E-state index contributed by atoms with van der Waals surface area (Å²) in [4.78, 5) is 2.50. The Morgan fingerprint density at radius 1 is 1.47 bits per heavy atom. The molecule has 3 atom stereocenters. The van der Waals surface area contributed by atoms with Crippen molar-refractivity contribution >= 4 is 0 Å². The molecule has 0 spiro atoms. The van der Waals surface area contributed by atoms with E-state index in [-0.39, 0.29) is 0 Å². The van der Waals surface area contributed by atoms with Crippen LogP contribution in [0.5, 0.6) is 0 Å². The van der Waals surface area contributed by atoms with Crippen LogP contribution in [0.25, 0.3) is 0 Å². The molecule has 3 nitrogen and oxygen atoms in total. The van der Waals surface area contributed by atoms with E-state index in [0.29, 0.717) is 12.1 Å². The molecule has 0 saturated carbocycles.